The molecule has 0 fully saturated rings. The van der Waals surface area contributed by atoms with E-state index in [-0.39, 0.29) is 12.2 Å². The van der Waals surface area contributed by atoms with E-state index >= 15 is 0 Å². The molecule has 0 unspecified atom stereocenters. The SMILES string of the molecule is CCCCn1nnnc1Cn1nnn(-c2ccccc2)c1=O. The molecule has 9 nitrogen and oxygen atoms in total. The normalized spacial score (nSPS) is 11.0. The van der Waals surface area contributed by atoms with Crippen molar-refractivity contribution in [1.29, 1.82) is 0 Å². The number of tetrazole rings is 2. The molecule has 0 spiro atoms. The van der Waals surface area contributed by atoms with Gasteiger partial charge in [-0.05, 0) is 39.4 Å². The molecule has 0 aliphatic heterocycles. The lowest BCUT2D eigenvalue weighted by Crippen LogP contribution is -2.26. The molecule has 22 heavy (non-hydrogen) atoms. The van der Waals surface area contributed by atoms with Crippen LogP contribution in [0.15, 0.2) is 35.1 Å². The van der Waals surface area contributed by atoms with E-state index in [0.717, 1.165) is 19.4 Å². The van der Waals surface area contributed by atoms with Crippen molar-refractivity contribution in [1.82, 2.24) is 40.0 Å². The van der Waals surface area contributed by atoms with Gasteiger partial charge in [0.15, 0.2) is 5.82 Å². The topological polar surface area (TPSA) is 96.3 Å². The third-order valence-corrected chi connectivity index (χ3v) is 3.26. The van der Waals surface area contributed by atoms with E-state index < -0.39 is 0 Å². The first kappa shape index (κ1) is 14.1. The van der Waals surface area contributed by atoms with Crippen LogP contribution >= 0.6 is 0 Å². The average Bonchev–Trinajstić information content (AvgIpc) is 3.14. The van der Waals surface area contributed by atoms with Gasteiger partial charge in [-0.15, -0.1) is 5.10 Å². The molecule has 0 atom stereocenters. The van der Waals surface area contributed by atoms with Gasteiger partial charge in [-0.2, -0.15) is 9.36 Å². The van der Waals surface area contributed by atoms with Crippen molar-refractivity contribution in [2.45, 2.75) is 32.9 Å². The largest absolute Gasteiger partial charge is 0.368 e. The fourth-order valence-corrected chi connectivity index (χ4v) is 2.06. The number of aromatic nitrogens is 8. The Labute approximate surface area is 126 Å². The highest BCUT2D eigenvalue weighted by Gasteiger charge is 2.13. The van der Waals surface area contributed by atoms with E-state index in [1.54, 1.807) is 16.8 Å². The maximum absolute atomic E-state index is 12.3. The lowest BCUT2D eigenvalue weighted by molar-refractivity contribution is 0.507. The van der Waals surface area contributed by atoms with Gasteiger partial charge >= 0.3 is 5.69 Å². The minimum absolute atomic E-state index is 0.197. The Hall–Kier alpha value is -2.84. The fourth-order valence-electron chi connectivity index (χ4n) is 2.06. The van der Waals surface area contributed by atoms with Crippen molar-refractivity contribution < 1.29 is 0 Å². The number of hydrogen-bond donors (Lipinski definition) is 0. The van der Waals surface area contributed by atoms with Crippen LogP contribution in [0.1, 0.15) is 25.6 Å². The fraction of sp³-hybridized carbons (Fsp3) is 0.385. The van der Waals surface area contributed by atoms with Crippen LogP contribution in [0.5, 0.6) is 0 Å². The van der Waals surface area contributed by atoms with Crippen LogP contribution in [-0.2, 0) is 13.1 Å². The molecule has 9 heteroatoms. The maximum atomic E-state index is 12.3. The molecule has 0 amide bonds. The van der Waals surface area contributed by atoms with Gasteiger partial charge < -0.3 is 0 Å². The van der Waals surface area contributed by atoms with E-state index in [4.69, 9.17) is 0 Å². The lowest BCUT2D eigenvalue weighted by atomic mass is 10.3. The summed E-state index contributed by atoms with van der Waals surface area (Å²) in [6.45, 7) is 3.02. The monoisotopic (exact) mass is 300 g/mol. The Bertz CT molecular complexity index is 788. The van der Waals surface area contributed by atoms with Crippen LogP contribution in [0, 0.1) is 0 Å². The highest BCUT2D eigenvalue weighted by Crippen LogP contribution is 2.02. The van der Waals surface area contributed by atoms with Crippen LogP contribution in [0.2, 0.25) is 0 Å². The van der Waals surface area contributed by atoms with Crippen LogP contribution in [0.3, 0.4) is 0 Å². The van der Waals surface area contributed by atoms with Crippen LogP contribution in [0.4, 0.5) is 0 Å². The lowest BCUT2D eigenvalue weighted by Gasteiger charge is -2.02. The van der Waals surface area contributed by atoms with Gasteiger partial charge in [-0.25, -0.2) is 9.48 Å². The van der Waals surface area contributed by atoms with Gasteiger partial charge in [-0.1, -0.05) is 31.5 Å². The van der Waals surface area contributed by atoms with E-state index in [2.05, 4.69) is 32.9 Å². The molecule has 0 N–H and O–H groups in total. The molecule has 0 saturated carbocycles. The molecule has 114 valence electrons. The Kier molecular flexibility index (Phi) is 4.03. The maximum Gasteiger partial charge on any atom is 0.368 e. The van der Waals surface area contributed by atoms with Crippen molar-refractivity contribution >= 4 is 0 Å². The molecule has 0 aliphatic rings. The zero-order chi connectivity index (χ0) is 15.4. The number of rotatable bonds is 6. The van der Waals surface area contributed by atoms with Gasteiger partial charge in [0.2, 0.25) is 0 Å². The van der Waals surface area contributed by atoms with Crippen molar-refractivity contribution in [3.8, 4) is 5.69 Å². The number of unbranched alkanes of at least 4 members (excludes halogenated alkanes) is 1. The highest BCUT2D eigenvalue weighted by atomic mass is 16.2. The average molecular weight is 300 g/mol. The first-order chi connectivity index (χ1) is 10.8. The highest BCUT2D eigenvalue weighted by molar-refractivity contribution is 5.28. The summed E-state index contributed by atoms with van der Waals surface area (Å²) in [5, 5.41) is 19.3. The van der Waals surface area contributed by atoms with E-state index in [0.29, 0.717) is 11.5 Å². The van der Waals surface area contributed by atoms with E-state index in [9.17, 15) is 4.79 Å². The van der Waals surface area contributed by atoms with Crippen LogP contribution in [-0.4, -0.2) is 40.0 Å². The second kappa shape index (κ2) is 6.29. The number of aryl methyl sites for hydroxylation is 1. The molecule has 0 radical (unpaired) electrons. The summed E-state index contributed by atoms with van der Waals surface area (Å²) in [6, 6.07) is 9.15. The molecule has 3 aromatic rings. The van der Waals surface area contributed by atoms with Crippen LogP contribution in [0.25, 0.3) is 5.69 Å². The Morgan fingerprint density at radius 3 is 2.64 bits per heavy atom. The summed E-state index contributed by atoms with van der Waals surface area (Å²) in [4.78, 5) is 12.3. The van der Waals surface area contributed by atoms with Gasteiger partial charge in [0.05, 0.1) is 5.69 Å². The summed E-state index contributed by atoms with van der Waals surface area (Å²) >= 11 is 0. The molecule has 0 aliphatic carbocycles. The van der Waals surface area contributed by atoms with Gasteiger partial charge in [0.1, 0.15) is 6.54 Å². The summed E-state index contributed by atoms with van der Waals surface area (Å²) in [5.41, 5.74) is 0.348. The van der Waals surface area contributed by atoms with E-state index in [1.165, 1.54) is 9.36 Å². The predicted octanol–water partition coefficient (Wildman–Crippen LogP) is 0.264. The molecule has 2 aromatic heterocycles. The molecular weight excluding hydrogens is 284 g/mol. The Morgan fingerprint density at radius 2 is 1.86 bits per heavy atom. The molecule has 1 aromatic carbocycles. The number of nitrogens with zero attached hydrogens (tertiary/aromatic N) is 8. The first-order valence-corrected chi connectivity index (χ1v) is 7.13. The van der Waals surface area contributed by atoms with Crippen molar-refractivity contribution in [3.63, 3.8) is 0 Å². The smallest absolute Gasteiger partial charge is 0.244 e. The second-order valence-electron chi connectivity index (χ2n) is 4.84. The van der Waals surface area contributed by atoms with Gasteiger partial charge in [0, 0.05) is 6.54 Å². The number of para-hydroxylation sites is 1. The summed E-state index contributed by atoms with van der Waals surface area (Å²) in [6.07, 6.45) is 2.02. The Balaban J connectivity index is 1.84. The van der Waals surface area contributed by atoms with E-state index in [1.807, 2.05) is 18.2 Å². The quantitative estimate of drug-likeness (QED) is 0.648. The zero-order valence-corrected chi connectivity index (χ0v) is 12.2. The number of benzene rings is 1. The Morgan fingerprint density at radius 1 is 1.05 bits per heavy atom. The third-order valence-electron chi connectivity index (χ3n) is 3.26. The summed E-state index contributed by atoms with van der Waals surface area (Å²) in [5.74, 6) is 0.593. The van der Waals surface area contributed by atoms with Gasteiger partial charge in [0.25, 0.3) is 0 Å². The van der Waals surface area contributed by atoms with Crippen molar-refractivity contribution in [2.75, 3.05) is 0 Å². The molecule has 3 rings (SSSR count). The minimum atomic E-state index is -0.323. The predicted molar refractivity (Wildman–Crippen MR) is 77.4 cm³/mol. The molecular formula is C13H16N8O. The standard InChI is InChI=1S/C13H16N8O/c1-2-3-9-19-12(14-15-16-19)10-20-13(22)21(18-17-20)11-7-5-4-6-8-11/h4-8H,2-3,9-10H2,1H3. The molecule has 0 bridgehead atoms. The molecule has 0 saturated heterocycles. The number of hydrogen-bond acceptors (Lipinski definition) is 6. The zero-order valence-electron chi connectivity index (χ0n) is 12.2. The first-order valence-electron chi connectivity index (χ1n) is 7.13. The van der Waals surface area contributed by atoms with Crippen molar-refractivity contribution in [2.24, 2.45) is 0 Å². The van der Waals surface area contributed by atoms with Gasteiger partial charge in [-0.3, -0.25) is 0 Å². The third kappa shape index (κ3) is 2.78. The summed E-state index contributed by atoms with van der Waals surface area (Å²) < 4.78 is 4.19. The van der Waals surface area contributed by atoms with Crippen LogP contribution < -0.4 is 5.69 Å². The minimum Gasteiger partial charge on any atom is -0.244 e. The second-order valence-corrected chi connectivity index (χ2v) is 4.84. The van der Waals surface area contributed by atoms with Crippen molar-refractivity contribution in [3.05, 3.63) is 46.6 Å². The summed E-state index contributed by atoms with van der Waals surface area (Å²) in [7, 11) is 0. The molecule has 2 heterocycles.